The van der Waals surface area contributed by atoms with Crippen LogP contribution in [0.3, 0.4) is 0 Å². The monoisotopic (exact) mass is 392 g/mol. The number of carbonyl (C=O) groups excluding carboxylic acids is 1. The van der Waals surface area contributed by atoms with Crippen molar-refractivity contribution in [2.24, 2.45) is 0 Å². The molecule has 112 valence electrons. The Kier molecular flexibility index (Phi) is 4.81. The zero-order valence-corrected chi connectivity index (χ0v) is 15.0. The molecule has 0 aliphatic carbocycles. The van der Waals surface area contributed by atoms with Gasteiger partial charge in [0.2, 0.25) is 5.91 Å². The number of thiazole rings is 1. The largest absolute Gasteiger partial charge is 0.325 e. The molecule has 0 aliphatic heterocycles. The average Bonchev–Trinajstić information content (AvgIpc) is 2.91. The topological polar surface area (TPSA) is 42.0 Å². The highest BCUT2D eigenvalue weighted by Crippen LogP contribution is 2.32. The zero-order chi connectivity index (χ0) is 15.5. The van der Waals surface area contributed by atoms with Crippen molar-refractivity contribution in [3.8, 4) is 0 Å². The van der Waals surface area contributed by atoms with E-state index in [1.807, 2.05) is 55.5 Å². The van der Waals surface area contributed by atoms with Crippen LogP contribution in [0.5, 0.6) is 0 Å². The SMILES string of the molecule is C[C@H](Sc1nc2ccccc2s1)C(=O)Nc1ccc(Br)cc1. The first-order chi connectivity index (χ1) is 10.6. The van der Waals surface area contributed by atoms with Gasteiger partial charge in [0.1, 0.15) is 0 Å². The van der Waals surface area contributed by atoms with Crippen molar-refractivity contribution in [3.63, 3.8) is 0 Å². The number of hydrogen-bond acceptors (Lipinski definition) is 4. The van der Waals surface area contributed by atoms with Gasteiger partial charge in [-0.25, -0.2) is 4.98 Å². The van der Waals surface area contributed by atoms with Crippen LogP contribution < -0.4 is 5.32 Å². The van der Waals surface area contributed by atoms with Crippen LogP contribution in [0.4, 0.5) is 5.69 Å². The lowest BCUT2D eigenvalue weighted by Crippen LogP contribution is -2.22. The molecule has 0 bridgehead atoms. The van der Waals surface area contributed by atoms with Crippen molar-refractivity contribution in [2.45, 2.75) is 16.5 Å². The van der Waals surface area contributed by atoms with Crippen LogP contribution in [0.25, 0.3) is 10.2 Å². The summed E-state index contributed by atoms with van der Waals surface area (Å²) >= 11 is 6.48. The fourth-order valence-electron chi connectivity index (χ4n) is 1.88. The number of halogens is 1. The van der Waals surface area contributed by atoms with Crippen molar-refractivity contribution >= 4 is 60.8 Å². The lowest BCUT2D eigenvalue weighted by molar-refractivity contribution is -0.115. The molecule has 1 atom stereocenters. The Morgan fingerprint density at radius 1 is 1.23 bits per heavy atom. The van der Waals surface area contributed by atoms with Crippen LogP contribution in [0.2, 0.25) is 0 Å². The van der Waals surface area contributed by atoms with Gasteiger partial charge in [-0.2, -0.15) is 0 Å². The van der Waals surface area contributed by atoms with Crippen molar-refractivity contribution in [3.05, 3.63) is 53.0 Å². The Morgan fingerprint density at radius 2 is 1.95 bits per heavy atom. The number of amides is 1. The summed E-state index contributed by atoms with van der Waals surface area (Å²) in [6.45, 7) is 1.89. The molecule has 0 spiro atoms. The van der Waals surface area contributed by atoms with Gasteiger partial charge in [0.15, 0.2) is 4.34 Å². The van der Waals surface area contributed by atoms with E-state index < -0.39 is 0 Å². The fraction of sp³-hybridized carbons (Fsp3) is 0.125. The summed E-state index contributed by atoms with van der Waals surface area (Å²) in [5.74, 6) is -0.0217. The Balaban J connectivity index is 1.66. The number of para-hydroxylation sites is 1. The number of fused-ring (bicyclic) bond motifs is 1. The second-order valence-corrected chi connectivity index (χ2v) is 8.24. The van der Waals surface area contributed by atoms with Crippen molar-refractivity contribution in [1.82, 2.24) is 4.98 Å². The third-order valence-corrected chi connectivity index (χ3v) is 5.79. The van der Waals surface area contributed by atoms with Crippen LogP contribution in [-0.4, -0.2) is 16.1 Å². The minimum Gasteiger partial charge on any atom is -0.325 e. The zero-order valence-electron chi connectivity index (χ0n) is 11.7. The maximum atomic E-state index is 12.3. The second kappa shape index (κ2) is 6.81. The van der Waals surface area contributed by atoms with E-state index in [2.05, 4.69) is 26.2 Å². The van der Waals surface area contributed by atoms with Crippen LogP contribution in [-0.2, 0) is 4.79 Å². The molecule has 0 saturated heterocycles. The van der Waals surface area contributed by atoms with E-state index in [9.17, 15) is 4.79 Å². The van der Waals surface area contributed by atoms with Crippen molar-refractivity contribution < 1.29 is 4.79 Å². The molecule has 1 heterocycles. The number of anilines is 1. The number of hydrogen-bond donors (Lipinski definition) is 1. The van der Waals surface area contributed by atoms with E-state index in [4.69, 9.17) is 0 Å². The van der Waals surface area contributed by atoms with Crippen molar-refractivity contribution in [1.29, 1.82) is 0 Å². The molecule has 0 radical (unpaired) electrons. The highest BCUT2D eigenvalue weighted by Gasteiger charge is 2.17. The number of nitrogens with zero attached hydrogens (tertiary/aromatic N) is 1. The lowest BCUT2D eigenvalue weighted by Gasteiger charge is -2.10. The fourth-order valence-corrected chi connectivity index (χ4v) is 4.36. The van der Waals surface area contributed by atoms with E-state index in [0.717, 1.165) is 24.7 Å². The van der Waals surface area contributed by atoms with Crippen LogP contribution in [0.15, 0.2) is 57.3 Å². The summed E-state index contributed by atoms with van der Waals surface area (Å²) in [6.07, 6.45) is 0. The predicted molar refractivity (Wildman–Crippen MR) is 97.7 cm³/mol. The van der Waals surface area contributed by atoms with E-state index in [1.165, 1.54) is 11.8 Å². The molecular formula is C16H13BrN2OS2. The van der Waals surface area contributed by atoms with Crippen LogP contribution in [0, 0.1) is 0 Å². The summed E-state index contributed by atoms with van der Waals surface area (Å²) in [5, 5.41) is 2.71. The number of thioether (sulfide) groups is 1. The molecule has 6 heteroatoms. The minimum absolute atomic E-state index is 0.0217. The summed E-state index contributed by atoms with van der Waals surface area (Å²) in [5.41, 5.74) is 1.78. The molecule has 3 rings (SSSR count). The minimum atomic E-state index is -0.204. The molecule has 1 N–H and O–H groups in total. The number of rotatable bonds is 4. The highest BCUT2D eigenvalue weighted by atomic mass is 79.9. The van der Waals surface area contributed by atoms with Gasteiger partial charge in [-0.1, -0.05) is 39.8 Å². The van der Waals surface area contributed by atoms with Gasteiger partial charge in [0.25, 0.3) is 0 Å². The molecule has 0 aliphatic rings. The Hall–Kier alpha value is -1.37. The molecule has 1 amide bonds. The van der Waals surface area contributed by atoms with Gasteiger partial charge in [-0.3, -0.25) is 4.79 Å². The predicted octanol–water partition coefficient (Wildman–Crippen LogP) is 5.18. The smallest absolute Gasteiger partial charge is 0.237 e. The van der Waals surface area contributed by atoms with Gasteiger partial charge < -0.3 is 5.32 Å². The molecule has 0 saturated carbocycles. The second-order valence-electron chi connectivity index (χ2n) is 4.70. The Labute approximate surface area is 145 Å². The highest BCUT2D eigenvalue weighted by molar-refractivity contribution is 9.10. The normalized spacial score (nSPS) is 12.3. The summed E-state index contributed by atoms with van der Waals surface area (Å²) < 4.78 is 3.05. The molecular weight excluding hydrogens is 380 g/mol. The van der Waals surface area contributed by atoms with Gasteiger partial charge in [0, 0.05) is 10.2 Å². The van der Waals surface area contributed by atoms with Gasteiger partial charge >= 0.3 is 0 Å². The Bertz CT molecular complexity index is 768. The third kappa shape index (κ3) is 3.69. The molecule has 2 aromatic carbocycles. The van der Waals surface area contributed by atoms with Crippen LogP contribution in [0.1, 0.15) is 6.92 Å². The number of carbonyl (C=O) groups is 1. The molecule has 22 heavy (non-hydrogen) atoms. The average molecular weight is 393 g/mol. The number of nitrogens with one attached hydrogen (secondary N) is 1. The Morgan fingerprint density at radius 3 is 2.68 bits per heavy atom. The summed E-state index contributed by atoms with van der Waals surface area (Å²) in [6, 6.07) is 15.6. The summed E-state index contributed by atoms with van der Waals surface area (Å²) in [4.78, 5) is 16.8. The standard InChI is InChI=1S/C16H13BrN2OS2/c1-10(15(20)18-12-8-6-11(17)7-9-12)21-16-19-13-4-2-3-5-14(13)22-16/h2-10H,1H3,(H,18,20)/t10-/m0/s1. The van der Waals surface area contributed by atoms with Crippen LogP contribution >= 0.6 is 39.0 Å². The van der Waals surface area contributed by atoms with E-state index in [-0.39, 0.29) is 11.2 Å². The van der Waals surface area contributed by atoms with E-state index in [0.29, 0.717) is 0 Å². The maximum absolute atomic E-state index is 12.3. The molecule has 0 unspecified atom stereocenters. The quantitative estimate of drug-likeness (QED) is 0.622. The van der Waals surface area contributed by atoms with Crippen molar-refractivity contribution in [2.75, 3.05) is 5.32 Å². The first-order valence-corrected chi connectivity index (χ1v) is 9.19. The first kappa shape index (κ1) is 15.5. The summed E-state index contributed by atoms with van der Waals surface area (Å²) in [7, 11) is 0. The van der Waals surface area contributed by atoms with Gasteiger partial charge in [0.05, 0.1) is 15.5 Å². The first-order valence-electron chi connectivity index (χ1n) is 6.70. The molecule has 3 aromatic rings. The van der Waals surface area contributed by atoms with Gasteiger partial charge in [-0.15, -0.1) is 11.3 Å². The van der Waals surface area contributed by atoms with Gasteiger partial charge in [-0.05, 0) is 43.3 Å². The molecule has 0 fully saturated rings. The molecule has 3 nitrogen and oxygen atoms in total. The molecule has 1 aromatic heterocycles. The number of benzene rings is 2. The van der Waals surface area contributed by atoms with E-state index >= 15 is 0 Å². The maximum Gasteiger partial charge on any atom is 0.237 e. The number of aromatic nitrogens is 1. The van der Waals surface area contributed by atoms with E-state index in [1.54, 1.807) is 11.3 Å². The third-order valence-electron chi connectivity index (χ3n) is 3.03. The lowest BCUT2D eigenvalue weighted by atomic mass is 10.3.